The van der Waals surface area contributed by atoms with Crippen molar-refractivity contribution >= 4 is 45.0 Å². The lowest BCUT2D eigenvalue weighted by atomic mass is 10.2. The molecule has 1 amide bonds. The van der Waals surface area contributed by atoms with E-state index in [9.17, 15) is 17.6 Å². The van der Waals surface area contributed by atoms with Crippen LogP contribution < -0.4 is 9.62 Å². The highest BCUT2D eigenvalue weighted by atomic mass is 35.5. The molecule has 0 saturated carbocycles. The molecule has 0 aliphatic heterocycles. The van der Waals surface area contributed by atoms with Crippen LogP contribution in [0.4, 0.5) is 10.1 Å². The molecule has 0 aliphatic carbocycles. The van der Waals surface area contributed by atoms with Crippen molar-refractivity contribution < 1.29 is 17.6 Å². The Morgan fingerprint density at radius 2 is 1.86 bits per heavy atom. The molecule has 152 valence electrons. The van der Waals surface area contributed by atoms with Crippen molar-refractivity contribution in [2.45, 2.75) is 24.3 Å². The normalized spacial score (nSPS) is 12.4. The number of nitrogens with one attached hydrogen (secondary N) is 1. The number of thioether (sulfide) groups is 1. The summed E-state index contributed by atoms with van der Waals surface area (Å²) in [4.78, 5) is 13.6. The topological polar surface area (TPSA) is 66.5 Å². The molecule has 2 rings (SSSR count). The monoisotopic (exact) mass is 444 g/mol. The van der Waals surface area contributed by atoms with Gasteiger partial charge in [-0.05, 0) is 42.8 Å². The average Bonchev–Trinajstić information content (AvgIpc) is 2.64. The molecule has 0 unspecified atom stereocenters. The van der Waals surface area contributed by atoms with Gasteiger partial charge in [-0.2, -0.15) is 0 Å². The zero-order chi connectivity index (χ0) is 20.7. The predicted molar refractivity (Wildman–Crippen MR) is 113 cm³/mol. The average molecular weight is 445 g/mol. The number of benzene rings is 2. The first-order valence-electron chi connectivity index (χ1n) is 8.64. The van der Waals surface area contributed by atoms with Crippen molar-refractivity contribution in [3.05, 3.63) is 59.4 Å². The number of sulfonamides is 1. The number of carbonyl (C=O) groups is 1. The van der Waals surface area contributed by atoms with Gasteiger partial charge in [-0.1, -0.05) is 30.7 Å². The van der Waals surface area contributed by atoms with Crippen LogP contribution in [0.1, 0.15) is 13.3 Å². The number of para-hydroxylation sites is 1. The fourth-order valence-electron chi connectivity index (χ4n) is 2.66. The van der Waals surface area contributed by atoms with E-state index in [0.717, 1.165) is 15.5 Å². The van der Waals surface area contributed by atoms with E-state index >= 15 is 0 Å². The summed E-state index contributed by atoms with van der Waals surface area (Å²) in [5, 5.41) is 3.39. The molecule has 1 atom stereocenters. The first-order valence-corrected chi connectivity index (χ1v) is 11.8. The second kappa shape index (κ2) is 10.1. The summed E-state index contributed by atoms with van der Waals surface area (Å²) < 4.78 is 39.6. The Hall–Kier alpha value is -1.77. The molecule has 28 heavy (non-hydrogen) atoms. The third kappa shape index (κ3) is 6.12. The number of hydrogen-bond donors (Lipinski definition) is 1. The molecule has 2 aromatic carbocycles. The van der Waals surface area contributed by atoms with E-state index in [-0.39, 0.29) is 12.1 Å². The molecular weight excluding hydrogens is 423 g/mol. The molecule has 0 heterocycles. The maximum atomic E-state index is 14.2. The van der Waals surface area contributed by atoms with Crippen LogP contribution in [0.15, 0.2) is 53.4 Å². The van der Waals surface area contributed by atoms with E-state index in [2.05, 4.69) is 5.32 Å². The Morgan fingerprint density at radius 3 is 2.43 bits per heavy atom. The van der Waals surface area contributed by atoms with Crippen molar-refractivity contribution in [3.63, 3.8) is 0 Å². The molecular formula is C19H22ClFN2O3S2. The Bertz CT molecular complexity index is 908. The van der Waals surface area contributed by atoms with Gasteiger partial charge in [-0.15, -0.1) is 11.8 Å². The van der Waals surface area contributed by atoms with Crippen molar-refractivity contribution in [1.82, 2.24) is 5.32 Å². The highest BCUT2D eigenvalue weighted by Gasteiger charge is 2.32. The van der Waals surface area contributed by atoms with Crippen LogP contribution in [0.25, 0.3) is 0 Å². The van der Waals surface area contributed by atoms with Crippen LogP contribution in [0.5, 0.6) is 0 Å². The molecule has 0 radical (unpaired) electrons. The molecule has 0 fully saturated rings. The second-order valence-electron chi connectivity index (χ2n) is 6.03. The number of anilines is 1. The van der Waals surface area contributed by atoms with Crippen LogP contribution >= 0.6 is 23.4 Å². The lowest BCUT2D eigenvalue weighted by molar-refractivity contribution is -0.122. The van der Waals surface area contributed by atoms with Gasteiger partial charge in [-0.3, -0.25) is 9.10 Å². The largest absolute Gasteiger partial charge is 0.353 e. The first kappa shape index (κ1) is 22.5. The van der Waals surface area contributed by atoms with Crippen LogP contribution in [-0.2, 0) is 14.8 Å². The van der Waals surface area contributed by atoms with Crippen LogP contribution in [0, 0.1) is 5.82 Å². The van der Waals surface area contributed by atoms with Gasteiger partial charge in [0.05, 0.1) is 11.9 Å². The Labute approximate surface area is 174 Å². The molecule has 0 spiro atoms. The van der Waals surface area contributed by atoms with Crippen molar-refractivity contribution in [1.29, 1.82) is 0 Å². The summed E-state index contributed by atoms with van der Waals surface area (Å²) in [7, 11) is -3.86. The lowest BCUT2D eigenvalue weighted by Gasteiger charge is -2.30. The molecule has 0 aliphatic rings. The van der Waals surface area contributed by atoms with Gasteiger partial charge >= 0.3 is 0 Å². The van der Waals surface area contributed by atoms with Crippen molar-refractivity contribution in [2.24, 2.45) is 0 Å². The lowest BCUT2D eigenvalue weighted by Crippen LogP contribution is -2.50. The van der Waals surface area contributed by atoms with Gasteiger partial charge < -0.3 is 5.32 Å². The number of carbonyl (C=O) groups excluding carboxylic acids is 1. The minimum absolute atomic E-state index is 0.137. The highest BCUT2D eigenvalue weighted by Crippen LogP contribution is 2.25. The molecule has 2 aromatic rings. The quantitative estimate of drug-likeness (QED) is 0.470. The second-order valence-corrected chi connectivity index (χ2v) is 9.49. The summed E-state index contributed by atoms with van der Waals surface area (Å²) in [5.41, 5.74) is -0.137. The van der Waals surface area contributed by atoms with Gasteiger partial charge in [0.1, 0.15) is 11.9 Å². The van der Waals surface area contributed by atoms with E-state index in [0.29, 0.717) is 17.3 Å². The zero-order valence-electron chi connectivity index (χ0n) is 15.6. The third-order valence-corrected chi connectivity index (χ3v) is 6.33. The molecule has 5 nitrogen and oxygen atoms in total. The molecule has 0 saturated heterocycles. The van der Waals surface area contributed by atoms with Gasteiger partial charge in [0.2, 0.25) is 15.9 Å². The maximum absolute atomic E-state index is 14.2. The van der Waals surface area contributed by atoms with Crippen LogP contribution in [-0.4, -0.2) is 38.9 Å². The molecule has 1 N–H and O–H groups in total. The summed E-state index contributed by atoms with van der Waals surface area (Å²) in [6.45, 7) is 2.03. The summed E-state index contributed by atoms with van der Waals surface area (Å²) >= 11 is 7.38. The minimum atomic E-state index is -3.86. The van der Waals surface area contributed by atoms with E-state index in [1.165, 1.54) is 36.0 Å². The van der Waals surface area contributed by atoms with Gasteiger partial charge in [-0.25, -0.2) is 12.8 Å². The molecule has 9 heteroatoms. The summed E-state index contributed by atoms with van der Waals surface area (Å²) in [5.74, 6) is -0.562. The SMILES string of the molecule is CC[C@@H](C(=O)NCCSc1ccc(Cl)cc1)N(c1ccccc1F)S(C)(=O)=O. The first-order chi connectivity index (χ1) is 13.2. The number of hydrogen-bond acceptors (Lipinski definition) is 4. The number of rotatable bonds is 9. The molecule has 0 bridgehead atoms. The Morgan fingerprint density at radius 1 is 1.21 bits per heavy atom. The smallest absolute Gasteiger partial charge is 0.243 e. The number of halogens is 2. The van der Waals surface area contributed by atoms with E-state index in [4.69, 9.17) is 11.6 Å². The predicted octanol–water partition coefficient (Wildman–Crippen LogP) is 3.93. The summed E-state index contributed by atoms with van der Waals surface area (Å²) in [6, 6.07) is 11.8. The van der Waals surface area contributed by atoms with E-state index < -0.39 is 27.8 Å². The fourth-order valence-corrected chi connectivity index (χ4v) is 4.76. The number of nitrogens with zero attached hydrogens (tertiary/aromatic N) is 1. The standard InChI is InChI=1S/C19H22ClFN2O3S2/c1-3-17(23(28(2,25)26)18-7-5-4-6-16(18)21)19(24)22-12-13-27-15-10-8-14(20)9-11-15/h4-11,17H,3,12-13H2,1-2H3,(H,22,24)/t17-/m0/s1. The number of amides is 1. The Kier molecular flexibility index (Phi) is 8.15. The zero-order valence-corrected chi connectivity index (χ0v) is 18.0. The van der Waals surface area contributed by atoms with Crippen molar-refractivity contribution in [3.8, 4) is 0 Å². The fraction of sp³-hybridized carbons (Fsp3) is 0.316. The highest BCUT2D eigenvalue weighted by molar-refractivity contribution is 7.99. The third-order valence-electron chi connectivity index (χ3n) is 3.90. The Balaban J connectivity index is 2.05. The van der Waals surface area contributed by atoms with E-state index in [1.54, 1.807) is 19.1 Å². The van der Waals surface area contributed by atoms with Gasteiger partial charge in [0.25, 0.3) is 0 Å². The maximum Gasteiger partial charge on any atom is 0.243 e. The van der Waals surface area contributed by atoms with Crippen LogP contribution in [0.3, 0.4) is 0 Å². The van der Waals surface area contributed by atoms with Gasteiger partial charge in [0, 0.05) is 22.2 Å². The van der Waals surface area contributed by atoms with E-state index in [1.807, 2.05) is 12.1 Å². The summed E-state index contributed by atoms with van der Waals surface area (Å²) in [6.07, 6.45) is 1.17. The van der Waals surface area contributed by atoms with Crippen LogP contribution in [0.2, 0.25) is 5.02 Å². The molecule has 0 aromatic heterocycles. The van der Waals surface area contributed by atoms with Gasteiger partial charge in [0.15, 0.2) is 0 Å². The van der Waals surface area contributed by atoms with Crippen molar-refractivity contribution in [2.75, 3.05) is 22.9 Å². The minimum Gasteiger partial charge on any atom is -0.353 e.